The first-order chi connectivity index (χ1) is 12.1. The van der Waals surface area contributed by atoms with Crippen molar-refractivity contribution >= 4 is 0 Å². The lowest BCUT2D eigenvalue weighted by molar-refractivity contribution is -0.169. The molecule has 2 rings (SSSR count). The third kappa shape index (κ3) is 4.72. The highest BCUT2D eigenvalue weighted by atomic mass is 19.3. The van der Waals surface area contributed by atoms with Gasteiger partial charge in [-0.2, -0.15) is 17.6 Å². The molecular weight excluding hydrogens is 340 g/mol. The molecule has 0 nitrogen and oxygen atoms in total. The summed E-state index contributed by atoms with van der Waals surface area (Å²) in [5.41, 5.74) is -0.738. The highest BCUT2D eigenvalue weighted by molar-refractivity contribution is 5.39. The lowest BCUT2D eigenvalue weighted by Gasteiger charge is -2.38. The Morgan fingerprint density at radius 2 is 1.50 bits per heavy atom. The van der Waals surface area contributed by atoms with Crippen molar-refractivity contribution in [2.75, 3.05) is 0 Å². The molecule has 0 N–H and O–H groups in total. The van der Waals surface area contributed by atoms with E-state index in [4.69, 9.17) is 0 Å². The number of rotatable bonds is 7. The Bertz CT molecular complexity index is 522. The normalized spacial score (nSPS) is 29.3. The molecule has 0 aromatic carbocycles. The highest BCUT2D eigenvalue weighted by Gasteiger charge is 2.62. The summed E-state index contributed by atoms with van der Waals surface area (Å²) < 4.78 is 58.7. The molecule has 1 saturated carbocycles. The first-order valence-electron chi connectivity index (χ1n) is 10.2. The van der Waals surface area contributed by atoms with E-state index in [2.05, 4.69) is 20.8 Å². The lowest BCUT2D eigenvalue weighted by Crippen LogP contribution is -2.47. The van der Waals surface area contributed by atoms with Crippen LogP contribution in [0.2, 0.25) is 0 Å². The molecule has 0 bridgehead atoms. The van der Waals surface area contributed by atoms with E-state index < -0.39 is 23.3 Å². The minimum absolute atomic E-state index is 0.0489. The zero-order valence-electron chi connectivity index (χ0n) is 16.6. The molecule has 0 aromatic rings. The number of alkyl halides is 4. The molecule has 0 heterocycles. The fraction of sp³-hybridized carbons (Fsp3) is 0.818. The van der Waals surface area contributed by atoms with Gasteiger partial charge in [0.25, 0.3) is 0 Å². The SMILES string of the molecule is CC(C)CCC(C)CCC1=CC=C(C2CCC(C)CC2)C(F)(F)C1(F)F. The molecule has 2 aliphatic rings. The number of halogens is 4. The maximum Gasteiger partial charge on any atom is 0.336 e. The fourth-order valence-corrected chi connectivity index (χ4v) is 4.15. The highest BCUT2D eigenvalue weighted by Crippen LogP contribution is 2.52. The third-order valence-corrected chi connectivity index (χ3v) is 6.22. The van der Waals surface area contributed by atoms with Gasteiger partial charge in [0.15, 0.2) is 0 Å². The van der Waals surface area contributed by atoms with Gasteiger partial charge in [-0.25, -0.2) is 0 Å². The number of hydrogen-bond donors (Lipinski definition) is 0. The Morgan fingerprint density at radius 1 is 0.885 bits per heavy atom. The van der Waals surface area contributed by atoms with Gasteiger partial charge < -0.3 is 0 Å². The van der Waals surface area contributed by atoms with Gasteiger partial charge in [0, 0.05) is 11.1 Å². The second-order valence-corrected chi connectivity index (χ2v) is 9.03. The average molecular weight is 375 g/mol. The van der Waals surface area contributed by atoms with E-state index in [0.29, 0.717) is 31.1 Å². The summed E-state index contributed by atoms with van der Waals surface area (Å²) in [4.78, 5) is 0. The zero-order chi connectivity index (χ0) is 19.5. The zero-order valence-corrected chi connectivity index (χ0v) is 16.6. The van der Waals surface area contributed by atoms with Gasteiger partial charge in [-0.1, -0.05) is 65.5 Å². The molecule has 1 unspecified atom stereocenters. The Kier molecular flexibility index (Phi) is 7.01. The summed E-state index contributed by atoms with van der Waals surface area (Å²) in [6.45, 7) is 8.37. The van der Waals surface area contributed by atoms with Gasteiger partial charge >= 0.3 is 11.8 Å². The smallest absolute Gasteiger partial charge is 0.194 e. The number of hydrogen-bond acceptors (Lipinski definition) is 0. The molecule has 0 spiro atoms. The Morgan fingerprint density at radius 3 is 2.08 bits per heavy atom. The van der Waals surface area contributed by atoms with E-state index in [1.54, 1.807) is 0 Å². The standard InChI is InChI=1S/C22H34F4/c1-15(2)5-6-16(3)9-12-19-13-14-20(22(25,26)21(19,23)24)18-10-7-17(4)8-11-18/h13-18H,5-12H2,1-4H3. The summed E-state index contributed by atoms with van der Waals surface area (Å²) >= 11 is 0. The van der Waals surface area contributed by atoms with Gasteiger partial charge in [0.05, 0.1) is 0 Å². The summed E-state index contributed by atoms with van der Waals surface area (Å²) in [6.07, 6.45) is 8.04. The number of allylic oxidation sites excluding steroid dienone is 4. The monoisotopic (exact) mass is 374 g/mol. The van der Waals surface area contributed by atoms with Crippen LogP contribution in [0.15, 0.2) is 23.3 Å². The van der Waals surface area contributed by atoms with Crippen molar-refractivity contribution in [1.29, 1.82) is 0 Å². The topological polar surface area (TPSA) is 0 Å². The molecule has 0 aromatic heterocycles. The van der Waals surface area contributed by atoms with Crippen LogP contribution in [0.1, 0.15) is 79.1 Å². The third-order valence-electron chi connectivity index (χ3n) is 6.22. The van der Waals surface area contributed by atoms with Crippen LogP contribution < -0.4 is 0 Å². The van der Waals surface area contributed by atoms with Crippen molar-refractivity contribution in [1.82, 2.24) is 0 Å². The van der Waals surface area contributed by atoms with E-state index in [1.807, 2.05) is 6.92 Å². The van der Waals surface area contributed by atoms with Gasteiger partial charge in [-0.3, -0.25) is 0 Å². The van der Waals surface area contributed by atoms with Gasteiger partial charge in [0.1, 0.15) is 0 Å². The largest absolute Gasteiger partial charge is 0.336 e. The first kappa shape index (κ1) is 21.5. The Hall–Kier alpha value is -0.800. The second-order valence-electron chi connectivity index (χ2n) is 9.03. The molecule has 1 fully saturated rings. The van der Waals surface area contributed by atoms with Crippen molar-refractivity contribution in [2.24, 2.45) is 23.7 Å². The van der Waals surface area contributed by atoms with Gasteiger partial charge in [-0.15, -0.1) is 0 Å². The fourth-order valence-electron chi connectivity index (χ4n) is 4.15. The van der Waals surface area contributed by atoms with Crippen molar-refractivity contribution < 1.29 is 17.6 Å². The van der Waals surface area contributed by atoms with Gasteiger partial charge in [0.2, 0.25) is 0 Å². The van der Waals surface area contributed by atoms with E-state index in [9.17, 15) is 17.6 Å². The van der Waals surface area contributed by atoms with Crippen LogP contribution in [-0.4, -0.2) is 11.8 Å². The van der Waals surface area contributed by atoms with Crippen LogP contribution in [0.3, 0.4) is 0 Å². The van der Waals surface area contributed by atoms with Crippen LogP contribution in [0, 0.1) is 23.7 Å². The van der Waals surface area contributed by atoms with Crippen molar-refractivity contribution in [3.8, 4) is 0 Å². The van der Waals surface area contributed by atoms with Crippen molar-refractivity contribution in [3.05, 3.63) is 23.3 Å². The van der Waals surface area contributed by atoms with Crippen LogP contribution in [0.5, 0.6) is 0 Å². The molecule has 2 aliphatic carbocycles. The molecule has 0 amide bonds. The summed E-state index contributed by atoms with van der Waals surface area (Å²) in [5.74, 6) is -7.17. The van der Waals surface area contributed by atoms with E-state index >= 15 is 0 Å². The average Bonchev–Trinajstić information content (AvgIpc) is 2.55. The quantitative estimate of drug-likeness (QED) is 0.399. The summed E-state index contributed by atoms with van der Waals surface area (Å²) in [6, 6.07) is 0. The molecule has 0 radical (unpaired) electrons. The molecular formula is C22H34F4. The molecule has 4 heteroatoms. The Labute approximate surface area is 156 Å². The van der Waals surface area contributed by atoms with Crippen LogP contribution in [0.4, 0.5) is 17.6 Å². The van der Waals surface area contributed by atoms with Crippen molar-refractivity contribution in [2.45, 2.75) is 90.9 Å². The maximum atomic E-state index is 14.7. The van der Waals surface area contributed by atoms with Gasteiger partial charge in [-0.05, 0) is 49.4 Å². The summed E-state index contributed by atoms with van der Waals surface area (Å²) in [7, 11) is 0. The lowest BCUT2D eigenvalue weighted by atomic mass is 9.73. The van der Waals surface area contributed by atoms with Crippen LogP contribution in [-0.2, 0) is 0 Å². The molecule has 26 heavy (non-hydrogen) atoms. The van der Waals surface area contributed by atoms with E-state index in [0.717, 1.165) is 25.7 Å². The van der Waals surface area contributed by atoms with Crippen LogP contribution >= 0.6 is 0 Å². The first-order valence-corrected chi connectivity index (χ1v) is 10.2. The Balaban J connectivity index is 2.08. The molecule has 150 valence electrons. The molecule has 0 saturated heterocycles. The maximum absolute atomic E-state index is 14.7. The van der Waals surface area contributed by atoms with E-state index in [1.165, 1.54) is 12.2 Å². The molecule has 1 atom stereocenters. The minimum atomic E-state index is -4.06. The predicted molar refractivity (Wildman–Crippen MR) is 99.7 cm³/mol. The second kappa shape index (κ2) is 8.48. The van der Waals surface area contributed by atoms with E-state index in [-0.39, 0.29) is 17.9 Å². The minimum Gasteiger partial charge on any atom is -0.194 e. The predicted octanol–water partition coefficient (Wildman–Crippen LogP) is 7.80. The van der Waals surface area contributed by atoms with Crippen molar-refractivity contribution in [3.63, 3.8) is 0 Å². The molecule has 0 aliphatic heterocycles. The van der Waals surface area contributed by atoms with Crippen LogP contribution in [0.25, 0.3) is 0 Å². The summed E-state index contributed by atoms with van der Waals surface area (Å²) in [5, 5.41) is 0.